The smallest absolute Gasteiger partial charge is 0.414 e. The van der Waals surface area contributed by atoms with Gasteiger partial charge in [-0.25, -0.2) is 18.0 Å². The van der Waals surface area contributed by atoms with Crippen molar-refractivity contribution in [2.45, 2.75) is 32.5 Å². The summed E-state index contributed by atoms with van der Waals surface area (Å²) in [5.74, 6) is 0.0655. The largest absolute Gasteiger partial charge is 0.444 e. The van der Waals surface area contributed by atoms with E-state index in [1.165, 1.54) is 16.5 Å². The number of alkyl carbamates (subject to hydrolysis) is 1. The molecule has 0 aliphatic carbocycles. The van der Waals surface area contributed by atoms with E-state index < -0.39 is 33.7 Å². The molecule has 29 heavy (non-hydrogen) atoms. The Kier molecular flexibility index (Phi) is 5.74. The van der Waals surface area contributed by atoms with Crippen molar-refractivity contribution in [3.8, 4) is 0 Å². The molecule has 1 atom stereocenters. The van der Waals surface area contributed by atoms with Gasteiger partial charge in [-0.05, 0) is 45.0 Å². The Labute approximate surface area is 170 Å². The van der Waals surface area contributed by atoms with E-state index in [2.05, 4.69) is 5.32 Å². The molecule has 158 valence electrons. The Morgan fingerprint density at radius 3 is 2.48 bits per heavy atom. The summed E-state index contributed by atoms with van der Waals surface area (Å²) in [6.45, 7) is 6.14. The van der Waals surface area contributed by atoms with Crippen LogP contribution in [0, 0.1) is 0 Å². The summed E-state index contributed by atoms with van der Waals surface area (Å²) in [5, 5.41) is 3.80. The van der Waals surface area contributed by atoms with E-state index in [0.29, 0.717) is 18.8 Å². The SMILES string of the molecule is CC(C)(C)OC(=O)NCC1CN(c2ccc(N3C=CS(=O)(=O)CC3)cc2)C(=O)O1. The maximum atomic E-state index is 12.2. The van der Waals surface area contributed by atoms with Crippen LogP contribution in [0.3, 0.4) is 0 Å². The average Bonchev–Trinajstić information content (AvgIpc) is 3.00. The zero-order chi connectivity index (χ0) is 21.2. The van der Waals surface area contributed by atoms with Crippen LogP contribution in [0.25, 0.3) is 0 Å². The van der Waals surface area contributed by atoms with Crippen LogP contribution in [0.5, 0.6) is 0 Å². The Morgan fingerprint density at radius 1 is 1.24 bits per heavy atom. The third-order valence-electron chi connectivity index (χ3n) is 4.30. The quantitative estimate of drug-likeness (QED) is 0.792. The third-order valence-corrected chi connectivity index (χ3v) is 5.59. The van der Waals surface area contributed by atoms with Crippen molar-refractivity contribution < 1.29 is 27.5 Å². The number of rotatable bonds is 4. The first-order chi connectivity index (χ1) is 13.5. The highest BCUT2D eigenvalue weighted by atomic mass is 32.2. The molecule has 1 aromatic rings. The van der Waals surface area contributed by atoms with Gasteiger partial charge in [-0.15, -0.1) is 0 Å². The Bertz CT molecular complexity index is 905. The van der Waals surface area contributed by atoms with Gasteiger partial charge in [-0.3, -0.25) is 4.90 Å². The van der Waals surface area contributed by atoms with Crippen LogP contribution in [-0.2, 0) is 19.3 Å². The van der Waals surface area contributed by atoms with Gasteiger partial charge in [0.05, 0.1) is 18.8 Å². The minimum Gasteiger partial charge on any atom is -0.444 e. The molecule has 3 rings (SSSR count). The predicted octanol–water partition coefficient (Wildman–Crippen LogP) is 2.24. The number of carbonyl (C=O) groups is 2. The van der Waals surface area contributed by atoms with Gasteiger partial charge in [-0.2, -0.15) is 0 Å². The van der Waals surface area contributed by atoms with Crippen LogP contribution in [-0.4, -0.2) is 57.7 Å². The molecule has 2 amide bonds. The zero-order valence-electron chi connectivity index (χ0n) is 16.6. The molecule has 0 aromatic heterocycles. The van der Waals surface area contributed by atoms with Crippen molar-refractivity contribution in [1.82, 2.24) is 5.32 Å². The fourth-order valence-corrected chi connectivity index (χ4v) is 3.84. The first kappa shape index (κ1) is 21.0. The number of nitrogens with zero attached hydrogens (tertiary/aromatic N) is 2. The van der Waals surface area contributed by atoms with Crippen LogP contribution in [0.2, 0.25) is 0 Å². The molecule has 1 saturated heterocycles. The number of carbonyl (C=O) groups excluding carboxylic acids is 2. The molecule has 0 bridgehead atoms. The second-order valence-electron chi connectivity index (χ2n) is 7.86. The van der Waals surface area contributed by atoms with E-state index in [1.807, 2.05) is 17.0 Å². The number of sulfone groups is 1. The number of nitrogens with one attached hydrogen (secondary N) is 1. The molecule has 0 radical (unpaired) electrons. The van der Waals surface area contributed by atoms with E-state index in [9.17, 15) is 18.0 Å². The molecule has 2 heterocycles. The predicted molar refractivity (Wildman–Crippen MR) is 109 cm³/mol. The summed E-state index contributed by atoms with van der Waals surface area (Å²) in [6, 6.07) is 7.18. The van der Waals surface area contributed by atoms with Crippen LogP contribution < -0.4 is 15.1 Å². The lowest BCUT2D eigenvalue weighted by molar-refractivity contribution is 0.0496. The lowest BCUT2D eigenvalue weighted by atomic mass is 10.2. The van der Waals surface area contributed by atoms with Crippen molar-refractivity contribution >= 4 is 33.4 Å². The number of amides is 2. The Hall–Kier alpha value is -2.75. The normalized spacial score (nSPS) is 21.1. The van der Waals surface area contributed by atoms with Crippen LogP contribution in [0.1, 0.15) is 20.8 Å². The molecule has 1 N–H and O–H groups in total. The molecular weight excluding hydrogens is 398 g/mol. The van der Waals surface area contributed by atoms with E-state index in [1.54, 1.807) is 32.9 Å². The molecule has 1 unspecified atom stereocenters. The second-order valence-corrected chi connectivity index (χ2v) is 9.87. The van der Waals surface area contributed by atoms with E-state index in [4.69, 9.17) is 9.47 Å². The standard InChI is InChI=1S/C19H25N3O6S/c1-19(2,3)28-17(23)20-12-16-13-22(18(24)27-16)15-6-4-14(5-7-15)21-8-10-29(25,26)11-9-21/h4-8,10,16H,9,11-13H2,1-3H3,(H,20,23). The summed E-state index contributed by atoms with van der Waals surface area (Å²) < 4.78 is 33.4. The van der Waals surface area contributed by atoms with Crippen LogP contribution in [0.4, 0.5) is 21.0 Å². The fourth-order valence-electron chi connectivity index (χ4n) is 2.92. The number of anilines is 2. The molecule has 1 aromatic carbocycles. The summed E-state index contributed by atoms with van der Waals surface area (Å²) in [4.78, 5) is 27.3. The van der Waals surface area contributed by atoms with Gasteiger partial charge in [0.15, 0.2) is 9.84 Å². The number of hydrogen-bond acceptors (Lipinski definition) is 7. The minimum atomic E-state index is -3.11. The number of benzene rings is 1. The molecule has 2 aliphatic heterocycles. The van der Waals surface area contributed by atoms with Crippen molar-refractivity contribution in [1.29, 1.82) is 0 Å². The molecule has 1 fully saturated rings. The molecule has 2 aliphatic rings. The summed E-state index contributed by atoms with van der Waals surface area (Å²) in [6.07, 6.45) is 0.00616. The molecule has 0 saturated carbocycles. The topological polar surface area (TPSA) is 105 Å². The van der Waals surface area contributed by atoms with Crippen LogP contribution in [0.15, 0.2) is 35.9 Å². The van der Waals surface area contributed by atoms with Crippen molar-refractivity contribution in [2.75, 3.05) is 35.2 Å². The number of cyclic esters (lactones) is 1. The van der Waals surface area contributed by atoms with Gasteiger partial charge in [0, 0.05) is 29.5 Å². The highest BCUT2D eigenvalue weighted by Crippen LogP contribution is 2.26. The van der Waals surface area contributed by atoms with Gasteiger partial charge in [-0.1, -0.05) is 0 Å². The van der Waals surface area contributed by atoms with Gasteiger partial charge in [0.1, 0.15) is 11.7 Å². The van der Waals surface area contributed by atoms with Crippen molar-refractivity contribution in [3.05, 3.63) is 35.9 Å². The maximum absolute atomic E-state index is 12.2. The molecule has 0 spiro atoms. The van der Waals surface area contributed by atoms with E-state index >= 15 is 0 Å². The van der Waals surface area contributed by atoms with E-state index in [-0.39, 0.29) is 12.3 Å². The van der Waals surface area contributed by atoms with Gasteiger partial charge in [0.25, 0.3) is 0 Å². The van der Waals surface area contributed by atoms with Crippen molar-refractivity contribution in [2.24, 2.45) is 0 Å². The average molecular weight is 423 g/mol. The number of hydrogen-bond donors (Lipinski definition) is 1. The molecular formula is C19H25N3O6S. The number of ether oxygens (including phenoxy) is 2. The first-order valence-electron chi connectivity index (χ1n) is 9.25. The summed E-state index contributed by atoms with van der Waals surface area (Å²) in [7, 11) is -3.11. The first-order valence-corrected chi connectivity index (χ1v) is 11.0. The second kappa shape index (κ2) is 7.94. The van der Waals surface area contributed by atoms with Gasteiger partial charge >= 0.3 is 12.2 Å². The summed E-state index contributed by atoms with van der Waals surface area (Å²) >= 11 is 0. The zero-order valence-corrected chi connectivity index (χ0v) is 17.4. The van der Waals surface area contributed by atoms with E-state index in [0.717, 1.165) is 5.69 Å². The van der Waals surface area contributed by atoms with Gasteiger partial charge < -0.3 is 19.7 Å². The summed E-state index contributed by atoms with van der Waals surface area (Å²) in [5.41, 5.74) is 0.889. The fraction of sp³-hybridized carbons (Fsp3) is 0.474. The highest BCUT2D eigenvalue weighted by Gasteiger charge is 2.33. The van der Waals surface area contributed by atoms with Crippen LogP contribution >= 0.6 is 0 Å². The molecule has 10 heteroatoms. The minimum absolute atomic E-state index is 0.0655. The van der Waals surface area contributed by atoms with Crippen molar-refractivity contribution in [3.63, 3.8) is 0 Å². The Morgan fingerprint density at radius 2 is 1.90 bits per heavy atom. The maximum Gasteiger partial charge on any atom is 0.414 e. The lowest BCUT2D eigenvalue weighted by Gasteiger charge is -2.24. The Balaban J connectivity index is 1.57. The third kappa shape index (κ3) is 5.63. The molecule has 9 nitrogen and oxygen atoms in total. The lowest BCUT2D eigenvalue weighted by Crippen LogP contribution is -2.38. The van der Waals surface area contributed by atoms with Gasteiger partial charge in [0.2, 0.25) is 0 Å². The highest BCUT2D eigenvalue weighted by molar-refractivity contribution is 7.94. The monoisotopic (exact) mass is 423 g/mol.